The topological polar surface area (TPSA) is 67.3 Å². The maximum absolute atomic E-state index is 12.6. The van der Waals surface area contributed by atoms with Crippen molar-refractivity contribution in [3.63, 3.8) is 0 Å². The lowest BCUT2D eigenvalue weighted by atomic mass is 10.1. The molecule has 0 saturated carbocycles. The van der Waals surface area contributed by atoms with Gasteiger partial charge in [-0.3, -0.25) is 9.78 Å². The van der Waals surface area contributed by atoms with Crippen molar-refractivity contribution in [3.8, 4) is 0 Å². The number of carbonyl (C=O) groups excluding carboxylic acids is 1. The first-order chi connectivity index (χ1) is 11.1. The number of carbonyl (C=O) groups is 1. The molecule has 1 saturated heterocycles. The fourth-order valence-corrected chi connectivity index (χ4v) is 4.66. The summed E-state index contributed by atoms with van der Waals surface area (Å²) in [5.74, 6) is -0.153. The van der Waals surface area contributed by atoms with Crippen molar-refractivity contribution >= 4 is 15.7 Å². The van der Waals surface area contributed by atoms with Crippen molar-refractivity contribution in [1.82, 2.24) is 9.88 Å². The smallest absolute Gasteiger partial charge is 0.253 e. The minimum absolute atomic E-state index is 0.0105. The van der Waals surface area contributed by atoms with Crippen LogP contribution in [0.25, 0.3) is 0 Å². The van der Waals surface area contributed by atoms with Gasteiger partial charge in [-0.1, -0.05) is 30.3 Å². The fourth-order valence-electron chi connectivity index (χ4n) is 2.87. The molecule has 0 radical (unpaired) electrons. The highest BCUT2D eigenvalue weighted by atomic mass is 32.2. The number of hydrogen-bond donors (Lipinski definition) is 0. The summed E-state index contributed by atoms with van der Waals surface area (Å²) in [7, 11) is -3.27. The first-order valence-electron chi connectivity index (χ1n) is 7.54. The molecule has 3 rings (SSSR count). The van der Waals surface area contributed by atoms with E-state index in [9.17, 15) is 13.2 Å². The van der Waals surface area contributed by atoms with Gasteiger partial charge in [-0.25, -0.2) is 8.42 Å². The summed E-state index contributed by atoms with van der Waals surface area (Å²) in [4.78, 5) is 18.0. The average Bonchev–Trinajstić information content (AvgIpc) is 2.74. The zero-order chi connectivity index (χ0) is 16.3. The molecule has 1 fully saturated rings. The third-order valence-corrected chi connectivity index (χ3v) is 6.25. The van der Waals surface area contributed by atoms with E-state index in [2.05, 4.69) is 4.98 Å². The maximum atomic E-state index is 12.6. The minimum atomic E-state index is -3.27. The van der Waals surface area contributed by atoms with E-state index in [1.165, 1.54) is 0 Å². The Morgan fingerprint density at radius 3 is 2.43 bits per heavy atom. The summed E-state index contributed by atoms with van der Waals surface area (Å²) >= 11 is 0. The molecular formula is C17H18N2O3S. The third-order valence-electron chi connectivity index (χ3n) is 4.13. The van der Waals surface area contributed by atoms with Crippen LogP contribution >= 0.6 is 0 Å². The van der Waals surface area contributed by atoms with Crippen LogP contribution in [0.5, 0.6) is 0 Å². The molecule has 1 atom stereocenters. The number of pyridine rings is 1. The third kappa shape index (κ3) is 3.42. The van der Waals surface area contributed by atoms with E-state index in [4.69, 9.17) is 0 Å². The lowest BCUT2D eigenvalue weighted by Crippen LogP contribution is -2.33. The van der Waals surface area contributed by atoms with Gasteiger partial charge < -0.3 is 4.90 Å². The number of benzene rings is 1. The molecule has 1 aliphatic rings. The van der Waals surface area contributed by atoms with Gasteiger partial charge in [-0.2, -0.15) is 0 Å². The lowest BCUT2D eigenvalue weighted by molar-refractivity contribution is 0.0766. The summed E-state index contributed by atoms with van der Waals surface area (Å²) in [5.41, 5.74) is 1.33. The van der Waals surface area contributed by atoms with Gasteiger partial charge in [0.1, 0.15) is 0 Å². The minimum Gasteiger partial charge on any atom is -0.338 e. The Labute approximate surface area is 135 Å². The number of rotatable bonds is 2. The first-order valence-corrected chi connectivity index (χ1v) is 9.25. The summed E-state index contributed by atoms with van der Waals surface area (Å²) < 4.78 is 25.1. The second-order valence-electron chi connectivity index (χ2n) is 5.58. The van der Waals surface area contributed by atoms with Crippen LogP contribution in [0.3, 0.4) is 0 Å². The Morgan fingerprint density at radius 1 is 1.04 bits per heavy atom. The van der Waals surface area contributed by atoms with Crippen molar-refractivity contribution < 1.29 is 13.2 Å². The number of amides is 1. The van der Waals surface area contributed by atoms with Crippen molar-refractivity contribution in [2.75, 3.05) is 18.8 Å². The molecule has 1 aromatic carbocycles. The van der Waals surface area contributed by atoms with Gasteiger partial charge in [0, 0.05) is 31.0 Å². The Kier molecular flexibility index (Phi) is 4.43. The summed E-state index contributed by atoms with van der Waals surface area (Å²) in [5, 5.41) is -0.543. The van der Waals surface area contributed by atoms with Gasteiger partial charge in [-0.05, 0) is 24.1 Å². The molecule has 0 aliphatic carbocycles. The molecule has 0 unspecified atom stereocenters. The Bertz CT molecular complexity index is 776. The van der Waals surface area contributed by atoms with Gasteiger partial charge >= 0.3 is 0 Å². The molecule has 5 nitrogen and oxygen atoms in total. The monoisotopic (exact) mass is 330 g/mol. The van der Waals surface area contributed by atoms with E-state index < -0.39 is 15.1 Å². The van der Waals surface area contributed by atoms with E-state index in [0.29, 0.717) is 18.5 Å². The van der Waals surface area contributed by atoms with Crippen LogP contribution in [0.2, 0.25) is 0 Å². The molecule has 0 spiro atoms. The van der Waals surface area contributed by atoms with E-state index in [1.54, 1.807) is 29.4 Å². The van der Waals surface area contributed by atoms with E-state index in [-0.39, 0.29) is 18.2 Å². The Balaban J connectivity index is 1.82. The van der Waals surface area contributed by atoms with Gasteiger partial charge in [-0.15, -0.1) is 0 Å². The molecule has 2 aromatic rings. The number of aromatic nitrogens is 1. The highest BCUT2D eigenvalue weighted by molar-refractivity contribution is 7.91. The van der Waals surface area contributed by atoms with Crippen LogP contribution in [0.4, 0.5) is 0 Å². The second kappa shape index (κ2) is 6.50. The molecular weight excluding hydrogens is 312 g/mol. The molecule has 23 heavy (non-hydrogen) atoms. The van der Waals surface area contributed by atoms with Gasteiger partial charge in [0.2, 0.25) is 0 Å². The van der Waals surface area contributed by atoms with Crippen LogP contribution in [-0.2, 0) is 9.84 Å². The van der Waals surface area contributed by atoms with Crippen molar-refractivity contribution in [2.45, 2.75) is 11.7 Å². The van der Waals surface area contributed by atoms with Crippen LogP contribution < -0.4 is 0 Å². The van der Waals surface area contributed by atoms with Crippen molar-refractivity contribution in [2.24, 2.45) is 0 Å². The molecule has 0 N–H and O–H groups in total. The van der Waals surface area contributed by atoms with Crippen LogP contribution in [0.15, 0.2) is 54.9 Å². The standard InChI is InChI=1S/C17H18N2O3S/c20-17(15-6-9-18-10-7-15)19-11-8-16(23(21,22)13-12-19)14-4-2-1-3-5-14/h1-7,9-10,16H,8,11-13H2/t16-/m0/s1. The predicted molar refractivity (Wildman–Crippen MR) is 87.7 cm³/mol. The fraction of sp³-hybridized carbons (Fsp3) is 0.294. The Hall–Kier alpha value is -2.21. The first kappa shape index (κ1) is 15.7. The molecule has 6 heteroatoms. The largest absolute Gasteiger partial charge is 0.338 e. The average molecular weight is 330 g/mol. The molecule has 0 bridgehead atoms. The van der Waals surface area contributed by atoms with Crippen molar-refractivity contribution in [1.29, 1.82) is 0 Å². The van der Waals surface area contributed by atoms with E-state index in [1.807, 2.05) is 30.3 Å². The zero-order valence-corrected chi connectivity index (χ0v) is 13.4. The predicted octanol–water partition coefficient (Wildman–Crippen LogP) is 2.08. The summed E-state index contributed by atoms with van der Waals surface area (Å²) in [6, 6.07) is 12.5. The maximum Gasteiger partial charge on any atom is 0.253 e. The quantitative estimate of drug-likeness (QED) is 0.845. The number of sulfone groups is 1. The van der Waals surface area contributed by atoms with Crippen LogP contribution in [0.1, 0.15) is 27.6 Å². The summed E-state index contributed by atoms with van der Waals surface area (Å²) in [6.07, 6.45) is 3.55. The Morgan fingerprint density at radius 2 is 1.74 bits per heavy atom. The van der Waals surface area contributed by atoms with Crippen molar-refractivity contribution in [3.05, 3.63) is 66.0 Å². The second-order valence-corrected chi connectivity index (χ2v) is 7.89. The zero-order valence-electron chi connectivity index (χ0n) is 12.6. The van der Waals surface area contributed by atoms with Gasteiger partial charge in [0.15, 0.2) is 9.84 Å². The highest BCUT2D eigenvalue weighted by Gasteiger charge is 2.32. The normalized spacial score (nSPS) is 20.7. The van der Waals surface area contributed by atoms with E-state index in [0.717, 1.165) is 5.56 Å². The SMILES string of the molecule is O=C(c1ccncc1)N1CC[C@@H](c2ccccc2)S(=O)(=O)CC1. The highest BCUT2D eigenvalue weighted by Crippen LogP contribution is 2.29. The van der Waals surface area contributed by atoms with Gasteiger partial charge in [0.05, 0.1) is 11.0 Å². The van der Waals surface area contributed by atoms with E-state index >= 15 is 0 Å². The molecule has 120 valence electrons. The van der Waals surface area contributed by atoms with Crippen LogP contribution in [-0.4, -0.2) is 43.1 Å². The summed E-state index contributed by atoms with van der Waals surface area (Å²) in [6.45, 7) is 0.659. The van der Waals surface area contributed by atoms with Crippen LogP contribution in [0, 0.1) is 0 Å². The van der Waals surface area contributed by atoms with Gasteiger partial charge in [0.25, 0.3) is 5.91 Å². The lowest BCUT2D eigenvalue weighted by Gasteiger charge is -2.20. The number of hydrogen-bond acceptors (Lipinski definition) is 4. The molecule has 2 heterocycles. The number of nitrogens with zero attached hydrogens (tertiary/aromatic N) is 2. The molecule has 1 aromatic heterocycles. The molecule has 1 amide bonds. The molecule has 1 aliphatic heterocycles.